The molecule has 3 rings (SSSR count). The van der Waals surface area contributed by atoms with Gasteiger partial charge >= 0.3 is 0 Å². The largest absolute Gasteiger partial charge is 0.391 e. The van der Waals surface area contributed by atoms with E-state index >= 15 is 0 Å². The van der Waals surface area contributed by atoms with Gasteiger partial charge in [-0.3, -0.25) is 14.9 Å². The van der Waals surface area contributed by atoms with Crippen LogP contribution in [0.25, 0.3) is 0 Å². The van der Waals surface area contributed by atoms with Crippen LogP contribution < -0.4 is 0 Å². The molecule has 4 heteroatoms. The number of rotatable bonds is 2. The van der Waals surface area contributed by atoms with Gasteiger partial charge in [-0.2, -0.15) is 0 Å². The molecule has 0 spiro atoms. The summed E-state index contributed by atoms with van der Waals surface area (Å²) in [5, 5.41) is 10.0. The van der Waals surface area contributed by atoms with E-state index in [9.17, 15) is 5.11 Å². The zero-order valence-electron chi connectivity index (χ0n) is 11.6. The van der Waals surface area contributed by atoms with Gasteiger partial charge in [0.25, 0.3) is 0 Å². The molecule has 4 nitrogen and oxygen atoms in total. The number of aromatic nitrogens is 2. The van der Waals surface area contributed by atoms with Crippen molar-refractivity contribution in [2.45, 2.75) is 57.1 Å². The maximum atomic E-state index is 10.0. The molecule has 0 radical (unpaired) electrons. The van der Waals surface area contributed by atoms with Gasteiger partial charge in [-0.1, -0.05) is 0 Å². The second kappa shape index (κ2) is 5.55. The second-order valence-electron chi connectivity index (χ2n) is 5.90. The maximum Gasteiger partial charge on any atom is 0.0695 e. The fourth-order valence-corrected chi connectivity index (χ4v) is 3.67. The first-order valence-electron chi connectivity index (χ1n) is 7.45. The van der Waals surface area contributed by atoms with E-state index < -0.39 is 0 Å². The summed E-state index contributed by atoms with van der Waals surface area (Å²) in [4.78, 5) is 11.3. The van der Waals surface area contributed by atoms with E-state index in [2.05, 4.69) is 21.8 Å². The van der Waals surface area contributed by atoms with Crippen LogP contribution in [0.2, 0.25) is 0 Å². The fourth-order valence-electron chi connectivity index (χ4n) is 3.67. The lowest BCUT2D eigenvalue weighted by Crippen LogP contribution is -2.44. The van der Waals surface area contributed by atoms with Gasteiger partial charge in [-0.05, 0) is 52.1 Å². The number of hydrogen-bond acceptors (Lipinski definition) is 4. The summed E-state index contributed by atoms with van der Waals surface area (Å²) in [7, 11) is 0. The number of piperidine rings is 1. The van der Waals surface area contributed by atoms with E-state index in [4.69, 9.17) is 0 Å². The molecular formula is C15H23N3O. The first kappa shape index (κ1) is 13.0. The predicted molar refractivity (Wildman–Crippen MR) is 74.0 cm³/mol. The van der Waals surface area contributed by atoms with Crippen molar-refractivity contribution < 1.29 is 5.11 Å². The Labute approximate surface area is 114 Å². The van der Waals surface area contributed by atoms with Gasteiger partial charge in [0.15, 0.2) is 0 Å². The molecule has 0 unspecified atom stereocenters. The van der Waals surface area contributed by atoms with Crippen LogP contribution in [-0.2, 0) is 0 Å². The van der Waals surface area contributed by atoms with E-state index in [0.29, 0.717) is 12.0 Å². The second-order valence-corrected chi connectivity index (χ2v) is 5.90. The van der Waals surface area contributed by atoms with E-state index in [1.54, 1.807) is 12.4 Å². The van der Waals surface area contributed by atoms with Crippen molar-refractivity contribution in [3.05, 3.63) is 23.8 Å². The average Bonchev–Trinajstić information content (AvgIpc) is 2.86. The van der Waals surface area contributed by atoms with Crippen LogP contribution in [0.4, 0.5) is 0 Å². The minimum Gasteiger partial charge on any atom is -0.391 e. The van der Waals surface area contributed by atoms with Gasteiger partial charge < -0.3 is 5.11 Å². The zero-order valence-corrected chi connectivity index (χ0v) is 11.6. The molecule has 1 saturated carbocycles. The summed E-state index contributed by atoms with van der Waals surface area (Å²) >= 11 is 0. The molecule has 0 amide bonds. The van der Waals surface area contributed by atoms with Crippen molar-refractivity contribution in [1.29, 1.82) is 0 Å². The monoisotopic (exact) mass is 261 g/mol. The van der Waals surface area contributed by atoms with Gasteiger partial charge in [0.05, 0.1) is 17.5 Å². The van der Waals surface area contributed by atoms with Crippen molar-refractivity contribution in [3.63, 3.8) is 0 Å². The van der Waals surface area contributed by atoms with E-state index in [1.165, 1.54) is 12.1 Å². The Morgan fingerprint density at radius 1 is 1.11 bits per heavy atom. The summed E-state index contributed by atoms with van der Waals surface area (Å²) < 4.78 is 0. The number of aliphatic hydroxyl groups excluding tert-OH is 1. The Bertz CT molecular complexity index is 429. The zero-order chi connectivity index (χ0) is 13.2. The molecule has 2 heterocycles. The highest BCUT2D eigenvalue weighted by Gasteiger charge is 2.33. The lowest BCUT2D eigenvalue weighted by atomic mass is 9.91. The van der Waals surface area contributed by atoms with Crippen molar-refractivity contribution in [1.82, 2.24) is 14.9 Å². The highest BCUT2D eigenvalue weighted by molar-refractivity contribution is 5.15. The number of hydrogen-bond donors (Lipinski definition) is 1. The van der Waals surface area contributed by atoms with Crippen LogP contribution in [0.15, 0.2) is 12.4 Å². The summed E-state index contributed by atoms with van der Waals surface area (Å²) in [6.07, 6.45) is 9.07. The van der Waals surface area contributed by atoms with Gasteiger partial charge in [0.2, 0.25) is 0 Å². The fraction of sp³-hybridized carbons (Fsp3) is 0.733. The molecule has 1 aliphatic carbocycles. The average molecular weight is 261 g/mol. The highest BCUT2D eigenvalue weighted by Crippen LogP contribution is 2.32. The topological polar surface area (TPSA) is 49.2 Å². The number of likely N-dealkylation sites (tertiary alicyclic amines) is 1. The van der Waals surface area contributed by atoms with E-state index in [0.717, 1.165) is 44.5 Å². The van der Waals surface area contributed by atoms with Crippen molar-refractivity contribution in [3.8, 4) is 0 Å². The quantitative estimate of drug-likeness (QED) is 0.883. The molecule has 1 aromatic rings. The van der Waals surface area contributed by atoms with Crippen molar-refractivity contribution in [2.75, 3.05) is 13.1 Å². The minimum absolute atomic E-state index is 0.102. The first-order chi connectivity index (χ1) is 9.25. The smallest absolute Gasteiger partial charge is 0.0695 e. The highest BCUT2D eigenvalue weighted by atomic mass is 16.3. The lowest BCUT2D eigenvalue weighted by molar-refractivity contribution is 0.0549. The predicted octanol–water partition coefficient (Wildman–Crippen LogP) is 1.88. The van der Waals surface area contributed by atoms with E-state index in [1.807, 2.05) is 0 Å². The van der Waals surface area contributed by atoms with Crippen LogP contribution in [0.1, 0.15) is 49.4 Å². The van der Waals surface area contributed by atoms with Crippen molar-refractivity contribution >= 4 is 0 Å². The van der Waals surface area contributed by atoms with Crippen LogP contribution in [0.5, 0.6) is 0 Å². The molecule has 1 aromatic heterocycles. The van der Waals surface area contributed by atoms with Gasteiger partial charge in [0.1, 0.15) is 0 Å². The normalized spacial score (nSPS) is 29.8. The molecule has 104 valence electrons. The van der Waals surface area contributed by atoms with E-state index in [-0.39, 0.29) is 6.10 Å². The Hall–Kier alpha value is -1.00. The van der Waals surface area contributed by atoms with Crippen LogP contribution >= 0.6 is 0 Å². The van der Waals surface area contributed by atoms with Crippen LogP contribution in [0.3, 0.4) is 0 Å². The Kier molecular flexibility index (Phi) is 3.80. The number of aryl methyl sites for hydroxylation is 1. The molecular weight excluding hydrogens is 238 g/mol. The SMILES string of the molecule is Cc1nccnc1C1CCN([C@@H]2CCC[C@H]2O)CC1. The van der Waals surface area contributed by atoms with Gasteiger partial charge in [-0.15, -0.1) is 0 Å². The molecule has 2 fully saturated rings. The standard InChI is InChI=1S/C15H23N3O/c1-11-15(17-8-7-16-11)12-5-9-18(10-6-12)13-3-2-4-14(13)19/h7-8,12-14,19H,2-6,9-10H2,1H3/t13-,14-/m1/s1. The summed E-state index contributed by atoms with van der Waals surface area (Å²) in [6.45, 7) is 4.22. The molecule has 1 N–H and O–H groups in total. The maximum absolute atomic E-state index is 10.0. The minimum atomic E-state index is -0.102. The molecule has 1 aliphatic heterocycles. The van der Waals surface area contributed by atoms with Crippen LogP contribution in [-0.4, -0.2) is 45.2 Å². The Morgan fingerprint density at radius 3 is 2.47 bits per heavy atom. The number of aliphatic hydroxyl groups is 1. The molecule has 2 aliphatic rings. The Morgan fingerprint density at radius 2 is 1.84 bits per heavy atom. The lowest BCUT2D eigenvalue weighted by Gasteiger charge is -2.37. The van der Waals surface area contributed by atoms with Crippen LogP contribution in [0, 0.1) is 6.92 Å². The number of nitrogens with zero attached hydrogens (tertiary/aromatic N) is 3. The summed E-state index contributed by atoms with van der Waals surface area (Å²) in [5.74, 6) is 0.545. The molecule has 19 heavy (non-hydrogen) atoms. The summed E-state index contributed by atoms with van der Waals surface area (Å²) in [5.41, 5.74) is 2.25. The molecule has 0 aromatic carbocycles. The third-order valence-corrected chi connectivity index (χ3v) is 4.75. The Balaban J connectivity index is 1.62. The molecule has 0 bridgehead atoms. The molecule has 2 atom stereocenters. The van der Waals surface area contributed by atoms with Gasteiger partial charge in [0, 0.05) is 24.4 Å². The third-order valence-electron chi connectivity index (χ3n) is 4.75. The molecule has 1 saturated heterocycles. The van der Waals surface area contributed by atoms with Crippen molar-refractivity contribution in [2.24, 2.45) is 0 Å². The third kappa shape index (κ3) is 2.65. The summed E-state index contributed by atoms with van der Waals surface area (Å²) in [6, 6.07) is 0.406. The first-order valence-corrected chi connectivity index (χ1v) is 7.45. The van der Waals surface area contributed by atoms with Gasteiger partial charge in [-0.25, -0.2) is 0 Å².